The summed E-state index contributed by atoms with van der Waals surface area (Å²) in [4.78, 5) is 12.4. The summed E-state index contributed by atoms with van der Waals surface area (Å²) in [6.45, 7) is 2.02. The standard InChI is InChI=1S/C17H16O/c1-12-14-9-5-6-10-15(14)16(17(12)18)11-13-7-3-2-4-8-13/h2-10,12,16H,11H2,1H3. The summed E-state index contributed by atoms with van der Waals surface area (Å²) < 4.78 is 0. The Morgan fingerprint density at radius 2 is 1.50 bits per heavy atom. The summed E-state index contributed by atoms with van der Waals surface area (Å²) in [5.74, 6) is 0.452. The number of fused-ring (bicyclic) bond motifs is 1. The minimum atomic E-state index is 0.0404. The lowest BCUT2D eigenvalue weighted by Gasteiger charge is -2.10. The summed E-state index contributed by atoms with van der Waals surface area (Å²) in [5.41, 5.74) is 3.67. The molecule has 0 spiro atoms. The fraction of sp³-hybridized carbons (Fsp3) is 0.235. The average Bonchev–Trinajstić information content (AvgIpc) is 2.66. The Morgan fingerprint density at radius 1 is 0.889 bits per heavy atom. The molecule has 3 rings (SSSR count). The maximum Gasteiger partial charge on any atom is 0.147 e. The third-order valence-corrected chi connectivity index (χ3v) is 3.89. The second-order valence-corrected chi connectivity index (χ2v) is 5.00. The molecule has 0 N–H and O–H groups in total. The van der Waals surface area contributed by atoms with Gasteiger partial charge in [0.05, 0.1) is 0 Å². The molecule has 1 nitrogen and oxygen atoms in total. The molecule has 0 bridgehead atoms. The minimum Gasteiger partial charge on any atom is -0.298 e. The molecule has 0 fully saturated rings. The Labute approximate surface area is 107 Å². The van der Waals surface area contributed by atoms with Crippen molar-refractivity contribution in [1.82, 2.24) is 0 Å². The van der Waals surface area contributed by atoms with Crippen molar-refractivity contribution in [2.75, 3.05) is 0 Å². The van der Waals surface area contributed by atoms with Crippen molar-refractivity contribution in [2.45, 2.75) is 25.2 Å². The van der Waals surface area contributed by atoms with Gasteiger partial charge in [-0.15, -0.1) is 0 Å². The molecule has 0 saturated carbocycles. The number of carbonyl (C=O) groups is 1. The molecule has 1 aliphatic carbocycles. The molecular weight excluding hydrogens is 220 g/mol. The summed E-state index contributed by atoms with van der Waals surface area (Å²) in [6.07, 6.45) is 0.820. The molecule has 1 heteroatoms. The molecule has 2 unspecified atom stereocenters. The molecule has 2 aromatic rings. The van der Waals surface area contributed by atoms with Gasteiger partial charge < -0.3 is 0 Å². The van der Waals surface area contributed by atoms with Crippen molar-refractivity contribution >= 4 is 5.78 Å². The Hall–Kier alpha value is -1.89. The quantitative estimate of drug-likeness (QED) is 0.777. The summed E-state index contributed by atoms with van der Waals surface area (Å²) in [6, 6.07) is 18.5. The van der Waals surface area contributed by atoms with Gasteiger partial charge in [0, 0.05) is 11.8 Å². The van der Waals surface area contributed by atoms with Gasteiger partial charge in [-0.05, 0) is 23.1 Å². The number of ketones is 1. The highest BCUT2D eigenvalue weighted by Gasteiger charge is 2.35. The van der Waals surface area contributed by atoms with Crippen LogP contribution in [0.2, 0.25) is 0 Å². The molecule has 0 amide bonds. The van der Waals surface area contributed by atoms with Crippen molar-refractivity contribution in [2.24, 2.45) is 0 Å². The molecule has 0 heterocycles. The molecule has 0 saturated heterocycles. The number of Topliss-reactive ketones (excluding diaryl/α,β-unsaturated/α-hetero) is 1. The average molecular weight is 236 g/mol. The zero-order chi connectivity index (χ0) is 12.5. The first-order chi connectivity index (χ1) is 8.77. The lowest BCUT2D eigenvalue weighted by Crippen LogP contribution is -2.11. The third kappa shape index (κ3) is 1.76. The van der Waals surface area contributed by atoms with Crippen molar-refractivity contribution < 1.29 is 4.79 Å². The van der Waals surface area contributed by atoms with Crippen LogP contribution in [0.5, 0.6) is 0 Å². The van der Waals surface area contributed by atoms with E-state index in [1.165, 1.54) is 16.7 Å². The van der Waals surface area contributed by atoms with Gasteiger partial charge in [-0.3, -0.25) is 4.79 Å². The second-order valence-electron chi connectivity index (χ2n) is 5.00. The Morgan fingerprint density at radius 3 is 2.22 bits per heavy atom. The van der Waals surface area contributed by atoms with E-state index in [1.807, 2.05) is 37.3 Å². The lowest BCUT2D eigenvalue weighted by atomic mass is 9.92. The number of hydrogen-bond donors (Lipinski definition) is 0. The number of carbonyl (C=O) groups excluding carboxylic acids is 1. The van der Waals surface area contributed by atoms with Crippen LogP contribution < -0.4 is 0 Å². The lowest BCUT2D eigenvalue weighted by molar-refractivity contribution is -0.120. The maximum atomic E-state index is 12.4. The van der Waals surface area contributed by atoms with Gasteiger partial charge in [0.25, 0.3) is 0 Å². The summed E-state index contributed by atoms with van der Waals surface area (Å²) >= 11 is 0. The van der Waals surface area contributed by atoms with E-state index in [0.717, 1.165) is 6.42 Å². The zero-order valence-corrected chi connectivity index (χ0v) is 10.5. The van der Waals surface area contributed by atoms with Gasteiger partial charge in [0.1, 0.15) is 5.78 Å². The van der Waals surface area contributed by atoms with Gasteiger partial charge in [0.15, 0.2) is 0 Å². The van der Waals surface area contributed by atoms with Crippen molar-refractivity contribution in [3.8, 4) is 0 Å². The molecule has 2 atom stereocenters. The van der Waals surface area contributed by atoms with E-state index in [-0.39, 0.29) is 11.8 Å². The van der Waals surface area contributed by atoms with Crippen LogP contribution in [0.15, 0.2) is 54.6 Å². The molecule has 0 aliphatic heterocycles. The van der Waals surface area contributed by atoms with Crippen LogP contribution in [-0.2, 0) is 11.2 Å². The van der Waals surface area contributed by atoms with Crippen LogP contribution in [0.25, 0.3) is 0 Å². The molecule has 1 aliphatic rings. The van der Waals surface area contributed by atoms with Gasteiger partial charge >= 0.3 is 0 Å². The SMILES string of the molecule is CC1C(=O)C(Cc2ccccc2)c2ccccc21. The molecule has 0 radical (unpaired) electrons. The van der Waals surface area contributed by atoms with E-state index >= 15 is 0 Å². The zero-order valence-electron chi connectivity index (χ0n) is 10.5. The van der Waals surface area contributed by atoms with Crippen LogP contribution in [0.3, 0.4) is 0 Å². The third-order valence-electron chi connectivity index (χ3n) is 3.89. The first-order valence-electron chi connectivity index (χ1n) is 6.44. The highest BCUT2D eigenvalue weighted by molar-refractivity contribution is 5.96. The van der Waals surface area contributed by atoms with E-state index in [9.17, 15) is 4.79 Å². The van der Waals surface area contributed by atoms with E-state index in [1.54, 1.807) is 0 Å². The minimum absolute atomic E-state index is 0.0404. The number of rotatable bonds is 2. The van der Waals surface area contributed by atoms with Crippen molar-refractivity contribution in [3.63, 3.8) is 0 Å². The Kier molecular flexibility index (Phi) is 2.75. The monoisotopic (exact) mass is 236 g/mol. The van der Waals surface area contributed by atoms with E-state index in [4.69, 9.17) is 0 Å². The van der Waals surface area contributed by atoms with E-state index in [2.05, 4.69) is 24.3 Å². The Balaban J connectivity index is 1.96. The predicted octanol–water partition coefficient (Wildman–Crippen LogP) is 3.70. The number of hydrogen-bond acceptors (Lipinski definition) is 1. The molecule has 18 heavy (non-hydrogen) atoms. The highest BCUT2D eigenvalue weighted by Crippen LogP contribution is 2.39. The van der Waals surface area contributed by atoms with Crippen LogP contribution in [0.1, 0.15) is 35.4 Å². The van der Waals surface area contributed by atoms with Crippen LogP contribution in [0.4, 0.5) is 0 Å². The fourth-order valence-electron chi connectivity index (χ4n) is 2.89. The predicted molar refractivity (Wildman–Crippen MR) is 72.8 cm³/mol. The molecule has 90 valence electrons. The summed E-state index contributed by atoms with van der Waals surface area (Å²) in [7, 11) is 0. The molecule has 2 aromatic carbocycles. The molecular formula is C17H16O. The fourth-order valence-corrected chi connectivity index (χ4v) is 2.89. The second kappa shape index (κ2) is 4.41. The highest BCUT2D eigenvalue weighted by atomic mass is 16.1. The topological polar surface area (TPSA) is 17.1 Å². The van der Waals surface area contributed by atoms with E-state index in [0.29, 0.717) is 5.78 Å². The smallest absolute Gasteiger partial charge is 0.147 e. The van der Waals surface area contributed by atoms with Gasteiger partial charge in [-0.2, -0.15) is 0 Å². The van der Waals surface area contributed by atoms with Crippen LogP contribution in [0, 0.1) is 0 Å². The van der Waals surface area contributed by atoms with Crippen molar-refractivity contribution in [1.29, 1.82) is 0 Å². The number of benzene rings is 2. The van der Waals surface area contributed by atoms with Gasteiger partial charge in [-0.1, -0.05) is 61.5 Å². The normalized spacial score (nSPS) is 21.9. The van der Waals surface area contributed by atoms with Crippen LogP contribution >= 0.6 is 0 Å². The van der Waals surface area contributed by atoms with Crippen LogP contribution in [-0.4, -0.2) is 5.78 Å². The van der Waals surface area contributed by atoms with Crippen molar-refractivity contribution in [3.05, 3.63) is 71.3 Å². The van der Waals surface area contributed by atoms with Gasteiger partial charge in [-0.25, -0.2) is 0 Å². The first kappa shape index (κ1) is 11.2. The first-order valence-corrected chi connectivity index (χ1v) is 6.44. The largest absolute Gasteiger partial charge is 0.298 e. The summed E-state index contributed by atoms with van der Waals surface area (Å²) in [5, 5.41) is 0. The van der Waals surface area contributed by atoms with E-state index < -0.39 is 0 Å². The maximum absolute atomic E-state index is 12.4. The van der Waals surface area contributed by atoms with Gasteiger partial charge in [0.2, 0.25) is 0 Å². The Bertz CT molecular complexity index is 571. The molecule has 0 aromatic heterocycles.